The molecule has 28 heavy (non-hydrogen) atoms. The van der Waals surface area contributed by atoms with E-state index in [0.29, 0.717) is 29.8 Å². The zero-order chi connectivity index (χ0) is 20.5. The van der Waals surface area contributed by atoms with Crippen LogP contribution in [-0.4, -0.2) is 52.1 Å². The number of ether oxygens (including phenoxy) is 2. The van der Waals surface area contributed by atoms with Crippen LogP contribution in [0.4, 0.5) is 0 Å². The van der Waals surface area contributed by atoms with Gasteiger partial charge in [0.2, 0.25) is 5.91 Å². The predicted octanol–water partition coefficient (Wildman–Crippen LogP) is 1.89. The number of likely N-dealkylation sites (tertiary alicyclic amines) is 1. The van der Waals surface area contributed by atoms with E-state index in [1.165, 1.54) is 0 Å². The van der Waals surface area contributed by atoms with Gasteiger partial charge in [-0.25, -0.2) is 4.57 Å². The Balaban J connectivity index is 1.93. The summed E-state index contributed by atoms with van der Waals surface area (Å²) in [5.41, 5.74) is 0.313. The normalized spacial score (nSPS) is 23.8. The summed E-state index contributed by atoms with van der Waals surface area (Å²) in [6.45, 7) is 3.83. The third-order valence-corrected chi connectivity index (χ3v) is 5.41. The van der Waals surface area contributed by atoms with E-state index in [0.717, 1.165) is 6.42 Å². The number of nitrogens with zero attached hydrogens (tertiary/aromatic N) is 2. The lowest BCUT2D eigenvalue weighted by Gasteiger charge is -2.47. The monoisotopic (exact) mass is 410 g/mol. The van der Waals surface area contributed by atoms with Crippen molar-refractivity contribution in [2.75, 3.05) is 19.8 Å². The number of benzene rings is 1. The minimum atomic E-state index is -4.59. The molecule has 2 aliphatic rings. The van der Waals surface area contributed by atoms with Crippen LogP contribution in [0.5, 0.6) is 5.75 Å². The number of carbonyl (C=O) groups is 1. The molecule has 0 aromatic heterocycles. The minimum Gasteiger partial charge on any atom is -0.485 e. The summed E-state index contributed by atoms with van der Waals surface area (Å²) in [5.74, 6) is 0.580. The van der Waals surface area contributed by atoms with Crippen molar-refractivity contribution < 1.29 is 33.1 Å². The largest absolute Gasteiger partial charge is 0.485 e. The standard InChI is InChI=1S/C18H23N2O7P/c1-18(2)17(25-8-9-26-28(22,23)24)16(20-7-3-4-15(20)21)13-10-12(11-19)5-6-14(13)27-18/h5-6,10,16-17H,3-4,7-9H2,1-2H3,(H2,22,23,24)/t16-,17-/m1/s1. The zero-order valence-corrected chi connectivity index (χ0v) is 16.6. The SMILES string of the molecule is CC1(C)Oc2ccc(C#N)cc2[C@@H](N2CCCC2=O)[C@H]1OCCOP(=O)(O)O. The molecule has 152 valence electrons. The summed E-state index contributed by atoms with van der Waals surface area (Å²) in [7, 11) is -4.59. The lowest BCUT2D eigenvalue weighted by atomic mass is 9.84. The molecule has 9 nitrogen and oxygen atoms in total. The summed E-state index contributed by atoms with van der Waals surface area (Å²) in [4.78, 5) is 31.9. The van der Waals surface area contributed by atoms with Gasteiger partial charge in [0.05, 0.1) is 30.9 Å². The van der Waals surface area contributed by atoms with Crippen molar-refractivity contribution in [3.63, 3.8) is 0 Å². The van der Waals surface area contributed by atoms with Crippen LogP contribution in [0.15, 0.2) is 18.2 Å². The van der Waals surface area contributed by atoms with E-state index in [-0.39, 0.29) is 19.1 Å². The van der Waals surface area contributed by atoms with Crippen molar-refractivity contribution in [3.8, 4) is 11.8 Å². The molecular weight excluding hydrogens is 387 g/mol. The molecular formula is C18H23N2O7P. The van der Waals surface area contributed by atoms with Crippen molar-refractivity contribution in [2.45, 2.75) is 44.4 Å². The third-order valence-electron chi connectivity index (χ3n) is 4.89. The van der Waals surface area contributed by atoms with Crippen LogP contribution in [0, 0.1) is 11.3 Å². The fraction of sp³-hybridized carbons (Fsp3) is 0.556. The molecule has 0 bridgehead atoms. The highest BCUT2D eigenvalue weighted by atomic mass is 31.2. The van der Waals surface area contributed by atoms with Crippen molar-refractivity contribution >= 4 is 13.7 Å². The first kappa shape index (κ1) is 20.8. The molecule has 1 fully saturated rings. The van der Waals surface area contributed by atoms with Crippen LogP contribution in [0.25, 0.3) is 0 Å². The van der Waals surface area contributed by atoms with Gasteiger partial charge in [-0.3, -0.25) is 9.32 Å². The van der Waals surface area contributed by atoms with Gasteiger partial charge in [-0.1, -0.05) is 0 Å². The van der Waals surface area contributed by atoms with Gasteiger partial charge in [0.1, 0.15) is 17.5 Å². The Morgan fingerprint density at radius 2 is 2.14 bits per heavy atom. The second kappa shape index (κ2) is 7.82. The molecule has 2 N–H and O–H groups in total. The number of hydrogen-bond acceptors (Lipinski definition) is 6. The number of phosphoric ester groups is 1. The Kier molecular flexibility index (Phi) is 5.80. The molecule has 0 radical (unpaired) electrons. The maximum absolute atomic E-state index is 12.5. The van der Waals surface area contributed by atoms with Crippen LogP contribution in [0.2, 0.25) is 0 Å². The molecule has 1 aromatic carbocycles. The van der Waals surface area contributed by atoms with E-state index in [9.17, 15) is 14.6 Å². The Hall–Kier alpha value is -1.95. The van der Waals surface area contributed by atoms with Gasteiger partial charge in [0.25, 0.3) is 0 Å². The van der Waals surface area contributed by atoms with Crippen LogP contribution in [0.1, 0.15) is 43.9 Å². The minimum absolute atomic E-state index is 0.00363. The smallest absolute Gasteiger partial charge is 0.469 e. The molecule has 1 aromatic rings. The quantitative estimate of drug-likeness (QED) is 0.537. The highest BCUT2D eigenvalue weighted by Gasteiger charge is 2.49. The Morgan fingerprint density at radius 3 is 2.75 bits per heavy atom. The third kappa shape index (κ3) is 4.37. The van der Waals surface area contributed by atoms with E-state index in [1.54, 1.807) is 23.1 Å². The van der Waals surface area contributed by atoms with Crippen LogP contribution < -0.4 is 4.74 Å². The predicted molar refractivity (Wildman–Crippen MR) is 97.3 cm³/mol. The van der Waals surface area contributed by atoms with Crippen molar-refractivity contribution in [1.82, 2.24) is 4.90 Å². The number of rotatable bonds is 6. The van der Waals surface area contributed by atoms with E-state index in [4.69, 9.17) is 19.3 Å². The average Bonchev–Trinajstić information content (AvgIpc) is 3.02. The summed E-state index contributed by atoms with van der Waals surface area (Å²) in [6.07, 6.45) is 0.563. The first-order chi connectivity index (χ1) is 13.1. The van der Waals surface area contributed by atoms with E-state index >= 15 is 0 Å². The number of fused-ring (bicyclic) bond motifs is 1. The van der Waals surface area contributed by atoms with Crippen LogP contribution >= 0.6 is 7.82 Å². The molecule has 0 aliphatic carbocycles. The molecule has 1 saturated heterocycles. The topological polar surface area (TPSA) is 129 Å². The van der Waals surface area contributed by atoms with Crippen molar-refractivity contribution in [3.05, 3.63) is 29.3 Å². The fourth-order valence-electron chi connectivity index (χ4n) is 3.74. The summed E-state index contributed by atoms with van der Waals surface area (Å²) in [5, 5.41) is 9.27. The van der Waals surface area contributed by atoms with E-state index < -0.39 is 25.6 Å². The summed E-state index contributed by atoms with van der Waals surface area (Å²) >= 11 is 0. The van der Waals surface area contributed by atoms with Gasteiger partial charge in [-0.15, -0.1) is 0 Å². The Bertz CT molecular complexity index is 845. The van der Waals surface area contributed by atoms with E-state index in [1.807, 2.05) is 13.8 Å². The van der Waals surface area contributed by atoms with Gasteiger partial charge in [-0.05, 0) is 38.5 Å². The number of hydrogen-bond donors (Lipinski definition) is 2. The molecule has 2 heterocycles. The van der Waals surface area contributed by atoms with Crippen molar-refractivity contribution in [1.29, 1.82) is 5.26 Å². The van der Waals surface area contributed by atoms with Crippen LogP contribution in [0.3, 0.4) is 0 Å². The zero-order valence-electron chi connectivity index (χ0n) is 15.7. The van der Waals surface area contributed by atoms with Gasteiger partial charge in [0, 0.05) is 18.5 Å². The first-order valence-electron chi connectivity index (χ1n) is 8.96. The number of phosphoric acid groups is 1. The molecule has 2 aliphatic heterocycles. The average molecular weight is 410 g/mol. The van der Waals surface area contributed by atoms with E-state index in [2.05, 4.69) is 10.6 Å². The lowest BCUT2D eigenvalue weighted by molar-refractivity contribution is -0.149. The lowest BCUT2D eigenvalue weighted by Crippen LogP contribution is -2.55. The molecule has 0 unspecified atom stereocenters. The fourth-order valence-corrected chi connectivity index (χ4v) is 4.06. The summed E-state index contributed by atoms with van der Waals surface area (Å²) in [6, 6.07) is 6.70. The summed E-state index contributed by atoms with van der Waals surface area (Å²) < 4.78 is 27.3. The molecule has 1 amide bonds. The van der Waals surface area contributed by atoms with Crippen molar-refractivity contribution in [2.24, 2.45) is 0 Å². The second-order valence-corrected chi connectivity index (χ2v) is 8.56. The molecule has 2 atom stereocenters. The van der Waals surface area contributed by atoms with Crippen LogP contribution in [-0.2, 0) is 18.6 Å². The maximum atomic E-state index is 12.5. The number of nitriles is 1. The second-order valence-electron chi connectivity index (χ2n) is 7.32. The van der Waals surface area contributed by atoms with Gasteiger partial charge < -0.3 is 24.2 Å². The number of carbonyl (C=O) groups excluding carboxylic acids is 1. The molecule has 0 spiro atoms. The molecule has 3 rings (SSSR count). The molecule has 0 saturated carbocycles. The maximum Gasteiger partial charge on any atom is 0.469 e. The number of amides is 1. The molecule has 10 heteroatoms. The Morgan fingerprint density at radius 1 is 1.39 bits per heavy atom. The highest BCUT2D eigenvalue weighted by molar-refractivity contribution is 7.46. The van der Waals surface area contributed by atoms with Gasteiger partial charge in [0.15, 0.2) is 0 Å². The highest BCUT2D eigenvalue weighted by Crippen LogP contribution is 2.46. The van der Waals surface area contributed by atoms with Gasteiger partial charge in [-0.2, -0.15) is 5.26 Å². The van der Waals surface area contributed by atoms with Gasteiger partial charge >= 0.3 is 7.82 Å². The first-order valence-corrected chi connectivity index (χ1v) is 10.5. The Labute approximate surface area is 163 Å².